The summed E-state index contributed by atoms with van der Waals surface area (Å²) in [5, 5.41) is 16.1. The Labute approximate surface area is 225 Å². The van der Waals surface area contributed by atoms with Crippen LogP contribution in [-0.2, 0) is 27.5 Å². The lowest BCUT2D eigenvalue weighted by Crippen LogP contribution is -2.33. The second kappa shape index (κ2) is 13.6. The molecule has 0 spiro atoms. The third-order valence-corrected chi connectivity index (χ3v) is 5.67. The number of anilines is 1. The van der Waals surface area contributed by atoms with Gasteiger partial charge in [0, 0.05) is 24.1 Å². The molecule has 11 nitrogen and oxygen atoms in total. The first-order valence-corrected chi connectivity index (χ1v) is 11.9. The van der Waals surface area contributed by atoms with E-state index < -0.39 is 11.5 Å². The molecule has 1 heterocycles. The van der Waals surface area contributed by atoms with Gasteiger partial charge in [0.1, 0.15) is 18.2 Å². The molecule has 3 aromatic rings. The molecule has 2 N–H and O–H groups in total. The number of amides is 2. The van der Waals surface area contributed by atoms with Gasteiger partial charge in [-0.15, -0.1) is 0 Å². The molecule has 0 saturated heterocycles. The average Bonchev–Trinajstić information content (AvgIpc) is 2.91. The van der Waals surface area contributed by atoms with Crippen LogP contribution in [0.5, 0.6) is 11.5 Å². The van der Waals surface area contributed by atoms with Gasteiger partial charge in [-0.1, -0.05) is 18.2 Å². The van der Waals surface area contributed by atoms with Gasteiger partial charge in [0.05, 0.1) is 19.9 Å². The number of hydrazone groups is 1. The number of aryl methyl sites for hydroxylation is 2. The normalized spacial score (nSPS) is 10.6. The van der Waals surface area contributed by atoms with Gasteiger partial charge < -0.3 is 24.1 Å². The number of ether oxygens (including phenoxy) is 3. The summed E-state index contributed by atoms with van der Waals surface area (Å²) in [5.41, 5.74) is 4.94. The van der Waals surface area contributed by atoms with Crippen molar-refractivity contribution >= 4 is 23.7 Å². The summed E-state index contributed by atoms with van der Waals surface area (Å²) in [4.78, 5) is 37.4. The number of methoxy groups -OCH3 is 2. The quantitative estimate of drug-likeness (QED) is 0.286. The van der Waals surface area contributed by atoms with Crippen molar-refractivity contribution in [2.45, 2.75) is 27.0 Å². The van der Waals surface area contributed by atoms with Gasteiger partial charge in [0.25, 0.3) is 17.4 Å². The zero-order valence-corrected chi connectivity index (χ0v) is 22.1. The van der Waals surface area contributed by atoms with Crippen LogP contribution in [0, 0.1) is 25.2 Å². The van der Waals surface area contributed by atoms with Gasteiger partial charge in [-0.25, -0.2) is 5.43 Å². The molecular formula is C28H29N5O6. The number of nitriles is 1. The van der Waals surface area contributed by atoms with E-state index in [2.05, 4.69) is 15.8 Å². The predicted molar refractivity (Wildman–Crippen MR) is 145 cm³/mol. The SMILES string of the molecule is COCc1cc(C)n(CC(=O)N/N=C\c2ccc(OCC(=O)Nc3ccccc3C)c(OC)c2)c(=O)c1C#N. The van der Waals surface area contributed by atoms with Crippen molar-refractivity contribution in [2.24, 2.45) is 5.10 Å². The Kier molecular flexibility index (Phi) is 9.94. The van der Waals surface area contributed by atoms with Crippen LogP contribution in [0.2, 0.25) is 0 Å². The number of carbonyl (C=O) groups is 2. The summed E-state index contributed by atoms with van der Waals surface area (Å²) in [5.74, 6) is -0.134. The number of hydrogen-bond donors (Lipinski definition) is 2. The van der Waals surface area contributed by atoms with Crippen molar-refractivity contribution in [3.05, 3.63) is 86.8 Å². The minimum Gasteiger partial charge on any atom is -0.493 e. The fourth-order valence-corrected chi connectivity index (χ4v) is 3.70. The molecule has 0 unspecified atom stereocenters. The van der Waals surface area contributed by atoms with E-state index in [9.17, 15) is 19.6 Å². The number of rotatable bonds is 11. The molecule has 39 heavy (non-hydrogen) atoms. The first kappa shape index (κ1) is 28.6. The van der Waals surface area contributed by atoms with E-state index in [-0.39, 0.29) is 31.2 Å². The molecular weight excluding hydrogens is 502 g/mol. The van der Waals surface area contributed by atoms with Crippen LogP contribution in [-0.4, -0.2) is 43.4 Å². The average molecular weight is 532 g/mol. The van der Waals surface area contributed by atoms with E-state index in [0.717, 1.165) is 5.56 Å². The molecule has 2 aromatic carbocycles. The van der Waals surface area contributed by atoms with Gasteiger partial charge in [0.15, 0.2) is 18.1 Å². The van der Waals surface area contributed by atoms with Crippen LogP contribution in [0.3, 0.4) is 0 Å². The van der Waals surface area contributed by atoms with Crippen LogP contribution in [0.1, 0.15) is 27.9 Å². The molecule has 0 radical (unpaired) electrons. The molecule has 0 aliphatic heterocycles. The summed E-state index contributed by atoms with van der Waals surface area (Å²) in [7, 11) is 2.93. The Bertz CT molecular complexity index is 1490. The van der Waals surface area contributed by atoms with E-state index in [1.165, 1.54) is 25.0 Å². The van der Waals surface area contributed by atoms with Crippen LogP contribution in [0.4, 0.5) is 5.69 Å². The topological polar surface area (TPSA) is 144 Å². The molecule has 1 aromatic heterocycles. The number of nitrogens with one attached hydrogen (secondary N) is 2. The van der Waals surface area contributed by atoms with Crippen molar-refractivity contribution in [3.8, 4) is 17.6 Å². The van der Waals surface area contributed by atoms with Gasteiger partial charge in [-0.3, -0.25) is 14.4 Å². The molecule has 0 saturated carbocycles. The second-order valence-electron chi connectivity index (χ2n) is 8.48. The number of pyridine rings is 1. The molecule has 11 heteroatoms. The van der Waals surface area contributed by atoms with Crippen molar-refractivity contribution < 1.29 is 23.8 Å². The van der Waals surface area contributed by atoms with Gasteiger partial charge in [0.2, 0.25) is 0 Å². The number of nitrogens with zero attached hydrogens (tertiary/aromatic N) is 3. The van der Waals surface area contributed by atoms with E-state index >= 15 is 0 Å². The number of benzene rings is 2. The zero-order chi connectivity index (χ0) is 28.4. The highest BCUT2D eigenvalue weighted by Crippen LogP contribution is 2.27. The standard InChI is InChI=1S/C28H29N5O6/c1-18-7-5-6-8-23(18)31-27(35)17-39-24-10-9-20(12-25(24)38-4)14-30-32-26(34)15-33-19(2)11-21(16-37-3)22(13-29)28(33)36/h5-12,14H,15-17H2,1-4H3,(H,31,35)(H,32,34)/b30-14-. The molecule has 2 amide bonds. The number of aromatic nitrogens is 1. The molecule has 0 aliphatic rings. The maximum Gasteiger partial charge on any atom is 0.269 e. The van der Waals surface area contributed by atoms with Crippen LogP contribution >= 0.6 is 0 Å². The monoisotopic (exact) mass is 531 g/mol. The van der Waals surface area contributed by atoms with Crippen molar-refractivity contribution in [1.82, 2.24) is 9.99 Å². The molecule has 202 valence electrons. The minimum atomic E-state index is -0.573. The summed E-state index contributed by atoms with van der Waals surface area (Å²) in [6, 6.07) is 15.9. The predicted octanol–water partition coefficient (Wildman–Crippen LogP) is 2.66. The Balaban J connectivity index is 1.60. The lowest BCUT2D eigenvalue weighted by atomic mass is 10.1. The van der Waals surface area contributed by atoms with Gasteiger partial charge in [-0.05, 0) is 55.3 Å². The third kappa shape index (κ3) is 7.53. The summed E-state index contributed by atoms with van der Waals surface area (Å²) < 4.78 is 17.2. The lowest BCUT2D eigenvalue weighted by molar-refractivity contribution is -0.121. The van der Waals surface area contributed by atoms with E-state index in [0.29, 0.717) is 34.0 Å². The largest absolute Gasteiger partial charge is 0.493 e. The molecule has 0 atom stereocenters. The zero-order valence-electron chi connectivity index (χ0n) is 22.1. The Hall–Kier alpha value is -4.95. The smallest absolute Gasteiger partial charge is 0.269 e. The number of carbonyl (C=O) groups excluding carboxylic acids is 2. The number of hydrogen-bond acceptors (Lipinski definition) is 8. The fraction of sp³-hybridized carbons (Fsp3) is 0.250. The molecule has 3 rings (SSSR count). The molecule has 0 fully saturated rings. The van der Waals surface area contributed by atoms with E-state index in [1.54, 1.807) is 31.2 Å². The molecule has 0 bridgehead atoms. The van der Waals surface area contributed by atoms with Gasteiger partial charge >= 0.3 is 0 Å². The maximum atomic E-state index is 12.7. The Morgan fingerprint density at radius 1 is 1.08 bits per heavy atom. The van der Waals surface area contributed by atoms with Crippen molar-refractivity contribution in [3.63, 3.8) is 0 Å². The van der Waals surface area contributed by atoms with E-state index in [1.807, 2.05) is 37.3 Å². The summed E-state index contributed by atoms with van der Waals surface area (Å²) >= 11 is 0. The lowest BCUT2D eigenvalue weighted by Gasteiger charge is -2.12. The summed E-state index contributed by atoms with van der Waals surface area (Å²) in [6.45, 7) is 3.15. The first-order chi connectivity index (χ1) is 18.8. The van der Waals surface area contributed by atoms with Crippen LogP contribution in [0.15, 0.2) is 58.4 Å². The van der Waals surface area contributed by atoms with E-state index in [4.69, 9.17) is 14.2 Å². The highest BCUT2D eigenvalue weighted by molar-refractivity contribution is 5.92. The van der Waals surface area contributed by atoms with Crippen LogP contribution in [0.25, 0.3) is 0 Å². The Morgan fingerprint density at radius 2 is 1.85 bits per heavy atom. The second-order valence-corrected chi connectivity index (χ2v) is 8.48. The third-order valence-electron chi connectivity index (χ3n) is 5.67. The van der Waals surface area contributed by atoms with Gasteiger partial charge in [-0.2, -0.15) is 10.4 Å². The van der Waals surface area contributed by atoms with Crippen molar-refractivity contribution in [1.29, 1.82) is 5.26 Å². The highest BCUT2D eigenvalue weighted by atomic mass is 16.5. The summed E-state index contributed by atoms with van der Waals surface area (Å²) in [6.07, 6.45) is 1.40. The van der Waals surface area contributed by atoms with Crippen molar-refractivity contribution in [2.75, 3.05) is 26.1 Å². The first-order valence-electron chi connectivity index (χ1n) is 11.9. The van der Waals surface area contributed by atoms with Crippen LogP contribution < -0.4 is 25.8 Å². The minimum absolute atomic E-state index is 0.0687. The molecule has 0 aliphatic carbocycles. The highest BCUT2D eigenvalue weighted by Gasteiger charge is 2.15. The fourth-order valence-electron chi connectivity index (χ4n) is 3.70. The Morgan fingerprint density at radius 3 is 2.54 bits per heavy atom. The number of para-hydroxylation sites is 1. The maximum absolute atomic E-state index is 12.7.